The molecule has 0 atom stereocenters. The molecule has 1 aliphatic rings. The third-order valence-corrected chi connectivity index (χ3v) is 2.97. The van der Waals surface area contributed by atoms with Crippen LogP contribution in [0.5, 0.6) is 0 Å². The number of nitrogens with zero attached hydrogens (tertiary/aromatic N) is 1. The van der Waals surface area contributed by atoms with E-state index in [2.05, 4.69) is 30.4 Å². The van der Waals surface area contributed by atoms with Crippen molar-refractivity contribution in [3.05, 3.63) is 29.3 Å². The molecule has 0 saturated heterocycles. The van der Waals surface area contributed by atoms with E-state index in [1.54, 1.807) is 0 Å². The van der Waals surface area contributed by atoms with Crippen LogP contribution < -0.4 is 10.2 Å². The number of carbonyl (C=O) groups excluding carboxylic acids is 1. The molecule has 0 saturated carbocycles. The first-order valence-corrected chi connectivity index (χ1v) is 5.89. The molecule has 0 aromatic heterocycles. The molecule has 1 N–H and O–H groups in total. The standard InChI is InChI=1S/C13H18N2O/c1-3-14-9-10-5-6-12-11(7-10)8-13(16)15(12)4-2/h5-7,14H,3-4,8-9H2,1-2H3. The van der Waals surface area contributed by atoms with Crippen molar-refractivity contribution in [2.45, 2.75) is 26.8 Å². The Labute approximate surface area is 96.5 Å². The molecule has 1 amide bonds. The van der Waals surface area contributed by atoms with E-state index in [1.165, 1.54) is 11.1 Å². The molecule has 0 aliphatic carbocycles. The molecule has 1 aromatic rings. The molecular weight excluding hydrogens is 200 g/mol. The van der Waals surface area contributed by atoms with Crippen LogP contribution in [0.1, 0.15) is 25.0 Å². The molecule has 16 heavy (non-hydrogen) atoms. The molecule has 1 aliphatic heterocycles. The SMILES string of the molecule is CCNCc1ccc2c(c1)CC(=O)N2CC. The lowest BCUT2D eigenvalue weighted by molar-refractivity contribution is -0.117. The second-order valence-corrected chi connectivity index (χ2v) is 4.06. The van der Waals surface area contributed by atoms with Crippen LogP contribution in [0.2, 0.25) is 0 Å². The second-order valence-electron chi connectivity index (χ2n) is 4.06. The van der Waals surface area contributed by atoms with Gasteiger partial charge in [0.1, 0.15) is 0 Å². The maximum Gasteiger partial charge on any atom is 0.231 e. The third kappa shape index (κ3) is 1.95. The van der Waals surface area contributed by atoms with E-state index >= 15 is 0 Å². The maximum absolute atomic E-state index is 11.7. The zero-order valence-corrected chi connectivity index (χ0v) is 9.92. The van der Waals surface area contributed by atoms with Gasteiger partial charge in [0, 0.05) is 18.8 Å². The van der Waals surface area contributed by atoms with E-state index in [0.29, 0.717) is 6.42 Å². The quantitative estimate of drug-likeness (QED) is 0.834. The van der Waals surface area contributed by atoms with E-state index in [1.807, 2.05) is 11.8 Å². The minimum absolute atomic E-state index is 0.220. The Hall–Kier alpha value is -1.35. The van der Waals surface area contributed by atoms with E-state index in [9.17, 15) is 4.79 Å². The van der Waals surface area contributed by atoms with E-state index in [-0.39, 0.29) is 5.91 Å². The number of anilines is 1. The van der Waals surface area contributed by atoms with E-state index in [4.69, 9.17) is 0 Å². The Morgan fingerprint density at radius 2 is 2.19 bits per heavy atom. The molecule has 2 rings (SSSR count). The number of amides is 1. The summed E-state index contributed by atoms with van der Waals surface area (Å²) in [6.45, 7) is 6.72. The number of benzene rings is 1. The highest BCUT2D eigenvalue weighted by molar-refractivity contribution is 6.01. The normalized spacial score (nSPS) is 14.4. The van der Waals surface area contributed by atoms with Gasteiger partial charge in [-0.05, 0) is 30.7 Å². The summed E-state index contributed by atoms with van der Waals surface area (Å²) in [5.74, 6) is 0.220. The third-order valence-electron chi connectivity index (χ3n) is 2.97. The first-order chi connectivity index (χ1) is 7.76. The van der Waals surface area contributed by atoms with Gasteiger partial charge in [0.25, 0.3) is 0 Å². The molecule has 3 heteroatoms. The van der Waals surface area contributed by atoms with Crippen LogP contribution >= 0.6 is 0 Å². The molecule has 0 bridgehead atoms. The minimum atomic E-state index is 0.220. The van der Waals surface area contributed by atoms with Crippen molar-refractivity contribution in [2.24, 2.45) is 0 Å². The summed E-state index contributed by atoms with van der Waals surface area (Å²) in [6.07, 6.45) is 0.559. The van der Waals surface area contributed by atoms with Crippen molar-refractivity contribution >= 4 is 11.6 Å². The van der Waals surface area contributed by atoms with Crippen LogP contribution in [0.4, 0.5) is 5.69 Å². The summed E-state index contributed by atoms with van der Waals surface area (Å²) in [5, 5.41) is 3.29. The van der Waals surface area contributed by atoms with Crippen LogP contribution in [0.15, 0.2) is 18.2 Å². The average Bonchev–Trinajstić information content (AvgIpc) is 2.60. The molecule has 0 spiro atoms. The first-order valence-electron chi connectivity index (χ1n) is 5.89. The van der Waals surface area contributed by atoms with Gasteiger partial charge in [-0.1, -0.05) is 19.1 Å². The molecular formula is C13H18N2O. The average molecular weight is 218 g/mol. The van der Waals surface area contributed by atoms with Gasteiger partial charge in [0.15, 0.2) is 0 Å². The Morgan fingerprint density at radius 1 is 1.38 bits per heavy atom. The van der Waals surface area contributed by atoms with Crippen molar-refractivity contribution in [2.75, 3.05) is 18.0 Å². The number of rotatable bonds is 4. The summed E-state index contributed by atoms with van der Waals surface area (Å²) in [6, 6.07) is 6.31. The second kappa shape index (κ2) is 4.66. The fourth-order valence-electron chi connectivity index (χ4n) is 2.16. The van der Waals surface area contributed by atoms with Gasteiger partial charge < -0.3 is 10.2 Å². The molecule has 0 fully saturated rings. The van der Waals surface area contributed by atoms with E-state index < -0.39 is 0 Å². The topological polar surface area (TPSA) is 32.3 Å². The van der Waals surface area contributed by atoms with Crippen LogP contribution in [0, 0.1) is 0 Å². The molecule has 1 heterocycles. The van der Waals surface area contributed by atoms with Crippen LogP contribution in [-0.4, -0.2) is 19.0 Å². The molecule has 0 unspecified atom stereocenters. The van der Waals surface area contributed by atoms with Gasteiger partial charge in [0.2, 0.25) is 5.91 Å². The Balaban J connectivity index is 2.22. The number of hydrogen-bond donors (Lipinski definition) is 1. The Bertz CT molecular complexity index is 401. The highest BCUT2D eigenvalue weighted by Gasteiger charge is 2.25. The van der Waals surface area contributed by atoms with E-state index in [0.717, 1.165) is 25.3 Å². The van der Waals surface area contributed by atoms with Crippen molar-refractivity contribution in [3.63, 3.8) is 0 Å². The summed E-state index contributed by atoms with van der Waals surface area (Å²) in [5.41, 5.74) is 3.52. The lowest BCUT2D eigenvalue weighted by Crippen LogP contribution is -2.25. The van der Waals surface area contributed by atoms with Gasteiger partial charge in [-0.3, -0.25) is 4.79 Å². The molecule has 1 aromatic carbocycles. The van der Waals surface area contributed by atoms with Gasteiger partial charge in [-0.25, -0.2) is 0 Å². The summed E-state index contributed by atoms with van der Waals surface area (Å²) in [4.78, 5) is 13.6. The molecule has 86 valence electrons. The number of carbonyl (C=O) groups is 1. The number of hydrogen-bond acceptors (Lipinski definition) is 2. The Morgan fingerprint density at radius 3 is 2.88 bits per heavy atom. The summed E-state index contributed by atoms with van der Waals surface area (Å²) < 4.78 is 0. The Kier molecular flexibility index (Phi) is 3.25. The fourth-order valence-corrected chi connectivity index (χ4v) is 2.16. The van der Waals surface area contributed by atoms with Gasteiger partial charge in [-0.2, -0.15) is 0 Å². The fraction of sp³-hybridized carbons (Fsp3) is 0.462. The predicted octanol–water partition coefficient (Wildman–Crippen LogP) is 1.71. The van der Waals surface area contributed by atoms with Gasteiger partial charge in [0.05, 0.1) is 6.42 Å². The lowest BCUT2D eigenvalue weighted by Gasteiger charge is -2.14. The zero-order valence-electron chi connectivity index (χ0n) is 9.92. The minimum Gasteiger partial charge on any atom is -0.313 e. The summed E-state index contributed by atoms with van der Waals surface area (Å²) in [7, 11) is 0. The largest absolute Gasteiger partial charge is 0.313 e. The van der Waals surface area contributed by atoms with Gasteiger partial charge >= 0.3 is 0 Å². The highest BCUT2D eigenvalue weighted by Crippen LogP contribution is 2.29. The predicted molar refractivity (Wildman–Crippen MR) is 65.6 cm³/mol. The van der Waals surface area contributed by atoms with Crippen LogP contribution in [-0.2, 0) is 17.8 Å². The zero-order chi connectivity index (χ0) is 11.5. The maximum atomic E-state index is 11.7. The summed E-state index contributed by atoms with van der Waals surface area (Å²) >= 11 is 0. The van der Waals surface area contributed by atoms with Crippen LogP contribution in [0.3, 0.4) is 0 Å². The first kappa shape index (κ1) is 11.1. The lowest BCUT2D eigenvalue weighted by atomic mass is 10.1. The van der Waals surface area contributed by atoms with Gasteiger partial charge in [-0.15, -0.1) is 0 Å². The highest BCUT2D eigenvalue weighted by atomic mass is 16.2. The number of nitrogens with one attached hydrogen (secondary N) is 1. The smallest absolute Gasteiger partial charge is 0.231 e. The number of likely N-dealkylation sites (N-methyl/N-ethyl adjacent to an activating group) is 1. The number of fused-ring (bicyclic) bond motifs is 1. The monoisotopic (exact) mass is 218 g/mol. The van der Waals surface area contributed by atoms with Crippen molar-refractivity contribution < 1.29 is 4.79 Å². The van der Waals surface area contributed by atoms with Crippen molar-refractivity contribution in [1.29, 1.82) is 0 Å². The molecule has 0 radical (unpaired) electrons. The van der Waals surface area contributed by atoms with Crippen molar-refractivity contribution in [1.82, 2.24) is 5.32 Å². The molecule has 3 nitrogen and oxygen atoms in total. The van der Waals surface area contributed by atoms with Crippen molar-refractivity contribution in [3.8, 4) is 0 Å². The van der Waals surface area contributed by atoms with Crippen LogP contribution in [0.25, 0.3) is 0 Å².